The van der Waals surface area contributed by atoms with Gasteiger partial charge in [0.05, 0.1) is 18.7 Å². The predicted molar refractivity (Wildman–Crippen MR) is 83.9 cm³/mol. The Morgan fingerprint density at radius 2 is 2.00 bits per heavy atom. The van der Waals surface area contributed by atoms with Gasteiger partial charge in [-0.15, -0.1) is 0 Å². The molecule has 20 heavy (non-hydrogen) atoms. The molecule has 0 amide bonds. The summed E-state index contributed by atoms with van der Waals surface area (Å²) >= 11 is 3.50. The van der Waals surface area contributed by atoms with E-state index in [1.54, 1.807) is 19.2 Å². The van der Waals surface area contributed by atoms with E-state index in [4.69, 9.17) is 4.74 Å². The zero-order chi connectivity index (χ0) is 14.7. The minimum absolute atomic E-state index is 0.194. The van der Waals surface area contributed by atoms with Crippen molar-refractivity contribution in [3.63, 3.8) is 0 Å². The molecular formula is C16H17BrFNO. The molecule has 0 radical (unpaired) electrons. The highest BCUT2D eigenvalue weighted by atomic mass is 79.9. The van der Waals surface area contributed by atoms with Crippen LogP contribution in [-0.2, 0) is 0 Å². The third kappa shape index (κ3) is 3.12. The number of anilines is 1. The molecule has 0 aliphatic carbocycles. The summed E-state index contributed by atoms with van der Waals surface area (Å²) < 4.78 is 20.3. The summed E-state index contributed by atoms with van der Waals surface area (Å²) in [4.78, 5) is 0. The summed E-state index contributed by atoms with van der Waals surface area (Å²) in [7, 11) is 1.55. The Bertz CT molecular complexity index is 615. The summed E-state index contributed by atoms with van der Waals surface area (Å²) in [5.74, 6) is 0.284. The van der Waals surface area contributed by atoms with Crippen LogP contribution in [0.15, 0.2) is 40.9 Å². The van der Waals surface area contributed by atoms with Crippen LogP contribution >= 0.6 is 15.9 Å². The molecule has 1 atom stereocenters. The maximum atomic E-state index is 14.0. The molecule has 0 bridgehead atoms. The number of aryl methyl sites for hydroxylation is 1. The van der Waals surface area contributed by atoms with Gasteiger partial charge >= 0.3 is 0 Å². The number of ether oxygens (including phenoxy) is 1. The molecule has 1 unspecified atom stereocenters. The molecule has 4 heteroatoms. The molecule has 2 aromatic carbocycles. The molecule has 0 aliphatic heterocycles. The molecule has 0 aromatic heterocycles. The summed E-state index contributed by atoms with van der Waals surface area (Å²) in [6, 6.07) is 10.6. The lowest BCUT2D eigenvalue weighted by Gasteiger charge is -2.19. The number of hydrogen-bond acceptors (Lipinski definition) is 2. The first-order valence-electron chi connectivity index (χ1n) is 6.38. The standard InChI is InChI=1S/C16H17BrFNO/c1-10-7-8-12(9-13(10)17)19-11(2)16-14(18)5-4-6-15(16)20-3/h4-9,11,19H,1-3H3. The van der Waals surface area contributed by atoms with Crippen molar-refractivity contribution >= 4 is 21.6 Å². The van der Waals surface area contributed by atoms with Crippen LogP contribution in [0, 0.1) is 12.7 Å². The van der Waals surface area contributed by atoms with E-state index in [-0.39, 0.29) is 11.9 Å². The molecule has 1 N–H and O–H groups in total. The topological polar surface area (TPSA) is 21.3 Å². The Balaban J connectivity index is 2.28. The van der Waals surface area contributed by atoms with Gasteiger partial charge in [0.2, 0.25) is 0 Å². The van der Waals surface area contributed by atoms with Gasteiger partial charge in [0.15, 0.2) is 0 Å². The van der Waals surface area contributed by atoms with Crippen LogP contribution < -0.4 is 10.1 Å². The van der Waals surface area contributed by atoms with E-state index in [9.17, 15) is 4.39 Å². The zero-order valence-electron chi connectivity index (χ0n) is 11.7. The third-order valence-corrected chi connectivity index (χ3v) is 4.08. The van der Waals surface area contributed by atoms with Crippen LogP contribution in [0.25, 0.3) is 0 Å². The largest absolute Gasteiger partial charge is 0.496 e. The van der Waals surface area contributed by atoms with Crippen molar-refractivity contribution in [2.75, 3.05) is 12.4 Å². The van der Waals surface area contributed by atoms with Crippen LogP contribution in [0.4, 0.5) is 10.1 Å². The molecular weight excluding hydrogens is 321 g/mol. The maximum Gasteiger partial charge on any atom is 0.132 e. The van der Waals surface area contributed by atoms with Crippen molar-refractivity contribution in [3.8, 4) is 5.75 Å². The summed E-state index contributed by atoms with van der Waals surface area (Å²) in [5.41, 5.74) is 2.62. The average Bonchev–Trinajstić information content (AvgIpc) is 2.42. The number of hydrogen-bond donors (Lipinski definition) is 1. The van der Waals surface area contributed by atoms with Crippen molar-refractivity contribution < 1.29 is 9.13 Å². The molecule has 106 valence electrons. The van der Waals surface area contributed by atoms with E-state index in [1.807, 2.05) is 32.0 Å². The molecule has 0 saturated carbocycles. The highest BCUT2D eigenvalue weighted by Crippen LogP contribution is 2.31. The second-order valence-electron chi connectivity index (χ2n) is 4.69. The summed E-state index contributed by atoms with van der Waals surface area (Å²) in [5, 5.41) is 3.29. The number of nitrogens with one attached hydrogen (secondary N) is 1. The average molecular weight is 338 g/mol. The number of rotatable bonds is 4. The second-order valence-corrected chi connectivity index (χ2v) is 5.54. The highest BCUT2D eigenvalue weighted by molar-refractivity contribution is 9.10. The van der Waals surface area contributed by atoms with Crippen LogP contribution in [0.5, 0.6) is 5.75 Å². The highest BCUT2D eigenvalue weighted by Gasteiger charge is 2.16. The van der Waals surface area contributed by atoms with Crippen LogP contribution in [0.3, 0.4) is 0 Å². The van der Waals surface area contributed by atoms with Crippen molar-refractivity contribution in [1.82, 2.24) is 0 Å². The predicted octanol–water partition coefficient (Wildman–Crippen LogP) is 5.08. The van der Waals surface area contributed by atoms with Gasteiger partial charge in [-0.3, -0.25) is 0 Å². The van der Waals surface area contributed by atoms with E-state index in [0.29, 0.717) is 11.3 Å². The Morgan fingerprint density at radius 3 is 2.65 bits per heavy atom. The molecule has 2 nitrogen and oxygen atoms in total. The quantitative estimate of drug-likeness (QED) is 0.840. The lowest BCUT2D eigenvalue weighted by atomic mass is 10.1. The van der Waals surface area contributed by atoms with Crippen molar-refractivity contribution in [2.24, 2.45) is 0 Å². The van der Waals surface area contributed by atoms with E-state index >= 15 is 0 Å². The van der Waals surface area contributed by atoms with E-state index in [0.717, 1.165) is 15.7 Å². The molecule has 0 saturated heterocycles. The molecule has 2 rings (SSSR count). The van der Waals surface area contributed by atoms with Crippen molar-refractivity contribution in [3.05, 3.63) is 57.8 Å². The lowest BCUT2D eigenvalue weighted by molar-refractivity contribution is 0.402. The van der Waals surface area contributed by atoms with Crippen molar-refractivity contribution in [2.45, 2.75) is 19.9 Å². The Kier molecular flexibility index (Phi) is 4.65. The van der Waals surface area contributed by atoms with Crippen molar-refractivity contribution in [1.29, 1.82) is 0 Å². The normalized spacial score (nSPS) is 12.1. The minimum Gasteiger partial charge on any atom is -0.496 e. The van der Waals surface area contributed by atoms with Gasteiger partial charge in [-0.05, 0) is 43.7 Å². The van der Waals surface area contributed by atoms with E-state index < -0.39 is 0 Å². The molecule has 0 aliphatic rings. The fraction of sp³-hybridized carbons (Fsp3) is 0.250. The zero-order valence-corrected chi connectivity index (χ0v) is 13.3. The van der Waals surface area contributed by atoms with Gasteiger partial charge in [0.25, 0.3) is 0 Å². The van der Waals surface area contributed by atoms with Gasteiger partial charge in [0.1, 0.15) is 11.6 Å². The first-order chi connectivity index (χ1) is 9.52. The maximum absolute atomic E-state index is 14.0. The molecule has 0 fully saturated rings. The monoisotopic (exact) mass is 337 g/mol. The van der Waals surface area contributed by atoms with Gasteiger partial charge in [0, 0.05) is 10.2 Å². The smallest absolute Gasteiger partial charge is 0.132 e. The first-order valence-corrected chi connectivity index (χ1v) is 7.17. The fourth-order valence-electron chi connectivity index (χ4n) is 2.12. The fourth-order valence-corrected chi connectivity index (χ4v) is 2.50. The lowest BCUT2D eigenvalue weighted by Crippen LogP contribution is -2.10. The van der Waals surface area contributed by atoms with E-state index in [1.165, 1.54) is 6.07 Å². The van der Waals surface area contributed by atoms with Gasteiger partial charge in [-0.2, -0.15) is 0 Å². The van der Waals surface area contributed by atoms with Crippen LogP contribution in [0.1, 0.15) is 24.1 Å². The molecule has 2 aromatic rings. The minimum atomic E-state index is -0.268. The Morgan fingerprint density at radius 1 is 1.25 bits per heavy atom. The summed E-state index contributed by atoms with van der Waals surface area (Å²) in [6.07, 6.45) is 0. The van der Waals surface area contributed by atoms with Crippen LogP contribution in [-0.4, -0.2) is 7.11 Å². The van der Waals surface area contributed by atoms with E-state index in [2.05, 4.69) is 21.2 Å². The number of halogens is 2. The third-order valence-electron chi connectivity index (χ3n) is 3.22. The molecule has 0 heterocycles. The SMILES string of the molecule is COc1cccc(F)c1C(C)Nc1ccc(C)c(Br)c1. The van der Waals surface area contributed by atoms with Gasteiger partial charge < -0.3 is 10.1 Å². The van der Waals surface area contributed by atoms with Gasteiger partial charge in [-0.25, -0.2) is 4.39 Å². The Labute approximate surface area is 127 Å². The first kappa shape index (κ1) is 14.9. The molecule has 0 spiro atoms. The van der Waals surface area contributed by atoms with Gasteiger partial charge in [-0.1, -0.05) is 28.1 Å². The Hall–Kier alpha value is -1.55. The second kappa shape index (κ2) is 6.27. The number of benzene rings is 2. The van der Waals surface area contributed by atoms with Crippen LogP contribution in [0.2, 0.25) is 0 Å². The summed E-state index contributed by atoms with van der Waals surface area (Å²) in [6.45, 7) is 3.94. The number of methoxy groups -OCH3 is 1.